The summed E-state index contributed by atoms with van der Waals surface area (Å²) in [5.74, 6) is 1.00. The normalized spacial score (nSPS) is 18.8. The molecule has 12 heavy (non-hydrogen) atoms. The molecule has 0 N–H and O–H groups in total. The average Bonchev–Trinajstić information content (AvgIpc) is 2.16. The minimum absolute atomic E-state index is 1.00. The van der Waals surface area contributed by atoms with Crippen LogP contribution >= 0.6 is 0 Å². The van der Waals surface area contributed by atoms with Crippen LogP contribution in [0.15, 0.2) is 17.9 Å². The highest BCUT2D eigenvalue weighted by Crippen LogP contribution is 2.28. The van der Waals surface area contributed by atoms with Crippen molar-refractivity contribution in [2.75, 3.05) is 0 Å². The standard InChI is InChI=1S/C12H20/c1-3-11(2)9-10-12-7-5-4-6-8-12/h12H,1,4-10H2,2H3. The molecule has 0 spiro atoms. The molecule has 0 amide bonds. The molecule has 0 aromatic rings. The fourth-order valence-electron chi connectivity index (χ4n) is 1.98. The van der Waals surface area contributed by atoms with Crippen LogP contribution in [0.3, 0.4) is 0 Å². The van der Waals surface area contributed by atoms with Crippen LogP contribution in [0.5, 0.6) is 0 Å². The molecule has 68 valence electrons. The van der Waals surface area contributed by atoms with E-state index >= 15 is 0 Å². The molecular formula is C12H20. The van der Waals surface area contributed by atoms with Gasteiger partial charge in [-0.05, 0) is 31.3 Å². The second-order valence-electron chi connectivity index (χ2n) is 4.00. The molecule has 0 atom stereocenters. The van der Waals surface area contributed by atoms with Crippen LogP contribution in [-0.2, 0) is 0 Å². The zero-order valence-electron chi connectivity index (χ0n) is 8.23. The largest absolute Gasteiger partial charge is 0.130 e. The van der Waals surface area contributed by atoms with Crippen molar-refractivity contribution in [2.45, 2.75) is 51.9 Å². The Labute approximate surface area is 76.4 Å². The minimum Gasteiger partial charge on any atom is -0.130 e. The van der Waals surface area contributed by atoms with Gasteiger partial charge in [-0.25, -0.2) is 0 Å². The molecule has 0 aromatic carbocycles. The van der Waals surface area contributed by atoms with E-state index in [0.29, 0.717) is 0 Å². The van der Waals surface area contributed by atoms with Gasteiger partial charge in [0, 0.05) is 0 Å². The lowest BCUT2D eigenvalue weighted by atomic mass is 9.85. The van der Waals surface area contributed by atoms with Gasteiger partial charge in [-0.2, -0.15) is 0 Å². The highest BCUT2D eigenvalue weighted by Gasteiger charge is 2.12. The predicted octanol–water partition coefficient (Wildman–Crippen LogP) is 4.08. The van der Waals surface area contributed by atoms with E-state index in [-0.39, 0.29) is 0 Å². The van der Waals surface area contributed by atoms with Gasteiger partial charge < -0.3 is 0 Å². The van der Waals surface area contributed by atoms with Gasteiger partial charge in [-0.3, -0.25) is 0 Å². The Morgan fingerprint density at radius 2 is 2.00 bits per heavy atom. The molecule has 1 saturated carbocycles. The van der Waals surface area contributed by atoms with Crippen molar-refractivity contribution in [1.29, 1.82) is 0 Å². The Hall–Kier alpha value is -0.480. The van der Waals surface area contributed by atoms with Crippen molar-refractivity contribution in [3.63, 3.8) is 0 Å². The van der Waals surface area contributed by atoms with Crippen LogP contribution in [0.2, 0.25) is 0 Å². The summed E-state index contributed by atoms with van der Waals surface area (Å²) < 4.78 is 0. The Balaban J connectivity index is 2.17. The summed E-state index contributed by atoms with van der Waals surface area (Å²) in [6.45, 7) is 5.80. The second kappa shape index (κ2) is 5.22. The van der Waals surface area contributed by atoms with E-state index in [1.807, 2.05) is 0 Å². The van der Waals surface area contributed by atoms with E-state index in [0.717, 1.165) is 5.92 Å². The van der Waals surface area contributed by atoms with E-state index in [1.165, 1.54) is 50.5 Å². The van der Waals surface area contributed by atoms with Crippen LogP contribution in [-0.4, -0.2) is 0 Å². The van der Waals surface area contributed by atoms with E-state index in [9.17, 15) is 0 Å². The monoisotopic (exact) mass is 164 g/mol. The van der Waals surface area contributed by atoms with Gasteiger partial charge in [0.15, 0.2) is 0 Å². The lowest BCUT2D eigenvalue weighted by Crippen LogP contribution is -2.05. The number of rotatable bonds is 3. The predicted molar refractivity (Wildman–Crippen MR) is 54.1 cm³/mol. The van der Waals surface area contributed by atoms with Gasteiger partial charge >= 0.3 is 0 Å². The van der Waals surface area contributed by atoms with Crippen molar-refractivity contribution in [3.8, 4) is 0 Å². The fraction of sp³-hybridized carbons (Fsp3) is 0.750. The lowest BCUT2D eigenvalue weighted by molar-refractivity contribution is 0.339. The molecule has 0 unspecified atom stereocenters. The first kappa shape index (κ1) is 9.61. The first-order chi connectivity index (χ1) is 5.83. The topological polar surface area (TPSA) is 0 Å². The van der Waals surface area contributed by atoms with Crippen LogP contribution in [0.1, 0.15) is 51.9 Å². The maximum Gasteiger partial charge on any atom is -0.0244 e. The third-order valence-corrected chi connectivity index (χ3v) is 2.95. The summed E-state index contributed by atoms with van der Waals surface area (Å²) >= 11 is 0. The maximum atomic E-state index is 3.66. The summed E-state index contributed by atoms with van der Waals surface area (Å²) in [4.78, 5) is 0. The molecule has 0 aromatic heterocycles. The van der Waals surface area contributed by atoms with Gasteiger partial charge in [0.05, 0.1) is 0 Å². The van der Waals surface area contributed by atoms with Gasteiger partial charge in [-0.15, -0.1) is 5.73 Å². The Morgan fingerprint density at radius 3 is 2.58 bits per heavy atom. The zero-order chi connectivity index (χ0) is 8.81. The Bertz CT molecular complexity index is 166. The summed E-state index contributed by atoms with van der Waals surface area (Å²) in [7, 11) is 0. The van der Waals surface area contributed by atoms with Gasteiger partial charge in [0.25, 0.3) is 0 Å². The van der Waals surface area contributed by atoms with Crippen LogP contribution < -0.4 is 0 Å². The Kier molecular flexibility index (Phi) is 4.18. The number of allylic oxidation sites excluding steroid dienone is 1. The van der Waals surface area contributed by atoms with Crippen molar-refractivity contribution in [1.82, 2.24) is 0 Å². The van der Waals surface area contributed by atoms with Crippen molar-refractivity contribution in [3.05, 3.63) is 17.9 Å². The zero-order valence-corrected chi connectivity index (χ0v) is 8.23. The highest BCUT2D eigenvalue weighted by molar-refractivity contribution is 4.94. The number of hydrogen-bond donors (Lipinski definition) is 0. The van der Waals surface area contributed by atoms with E-state index in [4.69, 9.17) is 0 Å². The lowest BCUT2D eigenvalue weighted by Gasteiger charge is -2.21. The number of hydrogen-bond acceptors (Lipinski definition) is 0. The molecule has 0 bridgehead atoms. The van der Waals surface area contributed by atoms with Gasteiger partial charge in [0.2, 0.25) is 0 Å². The molecule has 0 heteroatoms. The molecule has 0 saturated heterocycles. The summed E-state index contributed by atoms with van der Waals surface area (Å²) in [6.07, 6.45) is 9.90. The van der Waals surface area contributed by atoms with Gasteiger partial charge in [0.1, 0.15) is 0 Å². The van der Waals surface area contributed by atoms with Crippen molar-refractivity contribution < 1.29 is 0 Å². The summed E-state index contributed by atoms with van der Waals surface area (Å²) in [5.41, 5.74) is 4.31. The summed E-state index contributed by atoms with van der Waals surface area (Å²) in [6, 6.07) is 0. The molecular weight excluding hydrogens is 144 g/mol. The van der Waals surface area contributed by atoms with Crippen LogP contribution in [0.25, 0.3) is 0 Å². The molecule has 0 heterocycles. The maximum absolute atomic E-state index is 3.66. The average molecular weight is 164 g/mol. The third-order valence-electron chi connectivity index (χ3n) is 2.95. The summed E-state index contributed by atoms with van der Waals surface area (Å²) in [5, 5.41) is 0. The molecule has 0 aliphatic heterocycles. The first-order valence-corrected chi connectivity index (χ1v) is 5.18. The third kappa shape index (κ3) is 3.28. The first-order valence-electron chi connectivity index (χ1n) is 5.18. The van der Waals surface area contributed by atoms with Gasteiger partial charge in [-0.1, -0.05) is 38.7 Å². The fourth-order valence-corrected chi connectivity index (χ4v) is 1.98. The molecule has 1 fully saturated rings. The second-order valence-corrected chi connectivity index (χ2v) is 4.00. The quantitative estimate of drug-likeness (QED) is 0.551. The molecule has 0 radical (unpaired) electrons. The SMILES string of the molecule is C=C=C(C)CCC1CCCCC1. The van der Waals surface area contributed by atoms with E-state index in [1.54, 1.807) is 0 Å². The van der Waals surface area contributed by atoms with E-state index in [2.05, 4.69) is 19.2 Å². The Morgan fingerprint density at radius 1 is 1.33 bits per heavy atom. The molecule has 1 rings (SSSR count). The molecule has 1 aliphatic carbocycles. The molecule has 0 nitrogen and oxygen atoms in total. The van der Waals surface area contributed by atoms with Crippen molar-refractivity contribution >= 4 is 0 Å². The minimum atomic E-state index is 1.00. The van der Waals surface area contributed by atoms with Crippen LogP contribution in [0, 0.1) is 5.92 Å². The molecule has 1 aliphatic rings. The highest BCUT2D eigenvalue weighted by atomic mass is 14.2. The van der Waals surface area contributed by atoms with Crippen molar-refractivity contribution in [2.24, 2.45) is 5.92 Å². The van der Waals surface area contributed by atoms with E-state index < -0.39 is 0 Å². The smallest absolute Gasteiger partial charge is 0.0244 e. The van der Waals surface area contributed by atoms with Crippen LogP contribution in [0.4, 0.5) is 0 Å².